The number of hydrogen-bond donors (Lipinski definition) is 3. The lowest BCUT2D eigenvalue weighted by molar-refractivity contribution is -0.146. The normalized spacial score (nSPS) is 12.4. The number of nitrogens with one attached hydrogen (secondary N) is 2. The summed E-state index contributed by atoms with van der Waals surface area (Å²) in [6, 6.07) is 21.1. The second-order valence-electron chi connectivity index (χ2n) is 9.02. The number of carbonyl (C=O) groups is 3. The molecule has 0 atom stereocenters. The predicted octanol–water partition coefficient (Wildman–Crippen LogP) is 5.49. The van der Waals surface area contributed by atoms with E-state index >= 15 is 0 Å². The van der Waals surface area contributed by atoms with Gasteiger partial charge in [0.15, 0.2) is 0 Å². The highest BCUT2D eigenvalue weighted by molar-refractivity contribution is 14.1. The average Bonchev–Trinajstić information content (AvgIpc) is 3.16. The molecular weight excluding hydrogens is 559 g/mol. The monoisotopic (exact) mass is 584 g/mol. The molecule has 8 heteroatoms. The van der Waals surface area contributed by atoms with Crippen LogP contribution in [0.4, 0.5) is 10.5 Å². The van der Waals surface area contributed by atoms with Gasteiger partial charge >= 0.3 is 12.1 Å². The number of hydrogen-bond acceptors (Lipinski definition) is 4. The Kier molecular flexibility index (Phi) is 7.11. The molecule has 0 fully saturated rings. The van der Waals surface area contributed by atoms with Crippen molar-refractivity contribution in [3.8, 4) is 11.1 Å². The van der Waals surface area contributed by atoms with Gasteiger partial charge in [-0.2, -0.15) is 0 Å². The van der Waals surface area contributed by atoms with E-state index in [0.717, 1.165) is 22.3 Å². The van der Waals surface area contributed by atoms with E-state index in [1.165, 1.54) is 0 Å². The maximum atomic E-state index is 12.6. The van der Waals surface area contributed by atoms with Gasteiger partial charge in [0.2, 0.25) is 0 Å². The molecule has 4 rings (SSSR count). The highest BCUT2D eigenvalue weighted by atomic mass is 127. The Morgan fingerprint density at radius 2 is 1.57 bits per heavy atom. The van der Waals surface area contributed by atoms with Gasteiger partial charge in [-0.15, -0.1) is 0 Å². The van der Waals surface area contributed by atoms with Crippen LogP contribution in [0.5, 0.6) is 0 Å². The SMILES string of the molecule is CC(C)(CNC(=O)c1ccc(NC(=O)OCC2c3ccccc3-c3ccccc32)c(I)c1)C(=O)O. The molecule has 3 aromatic carbocycles. The van der Waals surface area contributed by atoms with Crippen molar-refractivity contribution in [2.45, 2.75) is 19.8 Å². The summed E-state index contributed by atoms with van der Waals surface area (Å²) in [7, 11) is 0. The van der Waals surface area contributed by atoms with E-state index in [2.05, 4.69) is 34.9 Å². The Bertz CT molecular complexity index is 1260. The van der Waals surface area contributed by atoms with Crippen molar-refractivity contribution < 1.29 is 24.2 Å². The second-order valence-corrected chi connectivity index (χ2v) is 10.2. The standard InChI is InChI=1S/C27H25IN2O5/c1-27(2,25(32)33)15-29-24(31)16-11-12-23(22(28)13-16)30-26(34)35-14-21-19-9-5-3-7-17(19)18-8-4-6-10-20(18)21/h3-13,21H,14-15H2,1-2H3,(H,29,31)(H,30,34)(H,32,33). The molecule has 0 aromatic heterocycles. The van der Waals surface area contributed by atoms with E-state index in [9.17, 15) is 19.5 Å². The maximum absolute atomic E-state index is 12.6. The summed E-state index contributed by atoms with van der Waals surface area (Å²) in [5, 5.41) is 14.6. The molecule has 35 heavy (non-hydrogen) atoms. The van der Waals surface area contributed by atoms with Crippen molar-refractivity contribution in [3.63, 3.8) is 0 Å². The first-order chi connectivity index (χ1) is 16.7. The van der Waals surface area contributed by atoms with E-state index in [4.69, 9.17) is 4.74 Å². The zero-order valence-electron chi connectivity index (χ0n) is 19.3. The van der Waals surface area contributed by atoms with Crippen LogP contribution in [0.15, 0.2) is 66.7 Å². The van der Waals surface area contributed by atoms with E-state index in [0.29, 0.717) is 14.8 Å². The summed E-state index contributed by atoms with van der Waals surface area (Å²) in [5.41, 5.74) is 4.41. The van der Waals surface area contributed by atoms with E-state index in [1.54, 1.807) is 32.0 Å². The molecule has 0 aliphatic heterocycles. The highest BCUT2D eigenvalue weighted by Crippen LogP contribution is 2.44. The molecule has 0 saturated heterocycles. The molecular formula is C27H25IN2O5. The lowest BCUT2D eigenvalue weighted by Crippen LogP contribution is -2.38. The number of carboxylic acid groups (broad SMARTS) is 1. The molecule has 1 aliphatic carbocycles. The number of rotatable bonds is 7. The van der Waals surface area contributed by atoms with Gasteiger partial charge in [0.1, 0.15) is 6.61 Å². The Hall–Kier alpha value is -3.40. The van der Waals surface area contributed by atoms with Gasteiger partial charge in [-0.1, -0.05) is 48.5 Å². The smallest absolute Gasteiger partial charge is 0.411 e. The molecule has 2 amide bonds. The van der Waals surface area contributed by atoms with Crippen molar-refractivity contribution in [2.75, 3.05) is 18.5 Å². The van der Waals surface area contributed by atoms with Crippen LogP contribution in [0, 0.1) is 8.99 Å². The summed E-state index contributed by atoms with van der Waals surface area (Å²) in [6.45, 7) is 3.29. The summed E-state index contributed by atoms with van der Waals surface area (Å²) >= 11 is 2.03. The van der Waals surface area contributed by atoms with Crippen molar-refractivity contribution in [1.82, 2.24) is 5.32 Å². The number of fused-ring (bicyclic) bond motifs is 3. The molecule has 0 bridgehead atoms. The first kappa shape index (κ1) is 24.7. The van der Waals surface area contributed by atoms with E-state index < -0.39 is 17.5 Å². The van der Waals surface area contributed by atoms with Crippen LogP contribution in [0.2, 0.25) is 0 Å². The molecule has 0 saturated carbocycles. The lowest BCUT2D eigenvalue weighted by Gasteiger charge is -2.19. The first-order valence-corrected chi connectivity index (χ1v) is 12.2. The van der Waals surface area contributed by atoms with Crippen molar-refractivity contribution >= 4 is 46.2 Å². The summed E-state index contributed by atoms with van der Waals surface area (Å²) in [4.78, 5) is 36.2. The molecule has 7 nitrogen and oxygen atoms in total. The van der Waals surface area contributed by atoms with Crippen LogP contribution in [0.1, 0.15) is 41.3 Å². The number of ether oxygens (including phenoxy) is 1. The number of aliphatic carboxylic acids is 1. The Morgan fingerprint density at radius 1 is 0.971 bits per heavy atom. The van der Waals surface area contributed by atoms with Crippen molar-refractivity contribution in [3.05, 3.63) is 87.0 Å². The third-order valence-corrected chi connectivity index (χ3v) is 6.97. The van der Waals surface area contributed by atoms with Crippen LogP contribution < -0.4 is 10.6 Å². The zero-order valence-corrected chi connectivity index (χ0v) is 21.5. The molecule has 3 aromatic rings. The number of carbonyl (C=O) groups excluding carboxylic acids is 2. The fourth-order valence-corrected chi connectivity index (χ4v) is 4.63. The van der Waals surface area contributed by atoms with Gasteiger partial charge in [-0.25, -0.2) is 4.79 Å². The van der Waals surface area contributed by atoms with Gasteiger partial charge in [0, 0.05) is 21.6 Å². The minimum atomic E-state index is -1.07. The topological polar surface area (TPSA) is 105 Å². The quantitative estimate of drug-likeness (QED) is 0.319. The Morgan fingerprint density at radius 3 is 2.14 bits per heavy atom. The number of amides is 2. The average molecular weight is 584 g/mol. The van der Waals surface area contributed by atoms with Crippen LogP contribution in [-0.2, 0) is 9.53 Å². The third kappa shape index (κ3) is 5.32. The number of anilines is 1. The number of carboxylic acids is 1. The van der Waals surface area contributed by atoms with Crippen LogP contribution in [-0.4, -0.2) is 36.2 Å². The summed E-state index contributed by atoms with van der Waals surface area (Å²) in [5.74, 6) is -1.41. The molecule has 1 aliphatic rings. The summed E-state index contributed by atoms with van der Waals surface area (Å²) in [6.07, 6.45) is -0.579. The van der Waals surface area contributed by atoms with Gasteiger partial charge in [0.05, 0.1) is 11.1 Å². The van der Waals surface area contributed by atoms with Gasteiger partial charge in [0.25, 0.3) is 5.91 Å². The Balaban J connectivity index is 1.38. The number of halogens is 1. The largest absolute Gasteiger partial charge is 0.481 e. The fraction of sp³-hybridized carbons (Fsp3) is 0.222. The first-order valence-electron chi connectivity index (χ1n) is 11.1. The van der Waals surface area contributed by atoms with Crippen molar-refractivity contribution in [2.24, 2.45) is 5.41 Å². The fourth-order valence-electron chi connectivity index (χ4n) is 3.98. The van der Waals surface area contributed by atoms with E-state index in [1.807, 2.05) is 46.9 Å². The van der Waals surface area contributed by atoms with E-state index in [-0.39, 0.29) is 25.0 Å². The van der Waals surface area contributed by atoms with Crippen LogP contribution in [0.25, 0.3) is 11.1 Å². The molecule has 0 spiro atoms. The molecule has 0 radical (unpaired) electrons. The third-order valence-electron chi connectivity index (χ3n) is 6.08. The highest BCUT2D eigenvalue weighted by Gasteiger charge is 2.29. The Labute approximate surface area is 217 Å². The van der Waals surface area contributed by atoms with Crippen LogP contribution >= 0.6 is 22.6 Å². The van der Waals surface area contributed by atoms with Gasteiger partial charge in [-0.3, -0.25) is 14.9 Å². The lowest BCUT2D eigenvalue weighted by atomic mass is 9.94. The molecule has 0 heterocycles. The zero-order chi connectivity index (χ0) is 25.2. The number of benzene rings is 3. The second kappa shape index (κ2) is 10.1. The maximum Gasteiger partial charge on any atom is 0.411 e. The van der Waals surface area contributed by atoms with Gasteiger partial charge in [-0.05, 0) is 76.9 Å². The minimum absolute atomic E-state index is 0.00248. The molecule has 180 valence electrons. The van der Waals surface area contributed by atoms with Crippen LogP contribution in [0.3, 0.4) is 0 Å². The minimum Gasteiger partial charge on any atom is -0.481 e. The molecule has 3 N–H and O–H groups in total. The molecule has 0 unspecified atom stereocenters. The predicted molar refractivity (Wildman–Crippen MR) is 142 cm³/mol. The summed E-state index contributed by atoms with van der Waals surface area (Å²) < 4.78 is 6.24. The van der Waals surface area contributed by atoms with Gasteiger partial charge < -0.3 is 15.2 Å². The van der Waals surface area contributed by atoms with Crippen molar-refractivity contribution in [1.29, 1.82) is 0 Å².